The first-order chi connectivity index (χ1) is 12.9. The summed E-state index contributed by atoms with van der Waals surface area (Å²) >= 11 is 0. The Morgan fingerprint density at radius 2 is 1.65 bits per heavy atom. The zero-order chi connectivity index (χ0) is 17.3. The highest BCUT2D eigenvalue weighted by molar-refractivity contribution is 5.89. The van der Waals surface area contributed by atoms with E-state index in [9.17, 15) is 0 Å². The average molecular weight is 345 g/mol. The Morgan fingerprint density at radius 1 is 0.846 bits per heavy atom. The van der Waals surface area contributed by atoms with E-state index in [1.54, 1.807) is 6.26 Å². The fourth-order valence-electron chi connectivity index (χ4n) is 3.70. The summed E-state index contributed by atoms with van der Waals surface area (Å²) in [6.45, 7) is 2.27. The summed E-state index contributed by atoms with van der Waals surface area (Å²) in [5.74, 6) is 2.09. The molecule has 2 aromatic carbocycles. The quantitative estimate of drug-likeness (QED) is 0.609. The molecule has 0 radical (unpaired) electrons. The number of ether oxygens (including phenoxy) is 3. The lowest BCUT2D eigenvalue weighted by molar-refractivity contribution is 0.228. The topological polar surface area (TPSA) is 40.6 Å². The first-order valence-electron chi connectivity index (χ1n) is 8.94. The fourth-order valence-corrected chi connectivity index (χ4v) is 3.70. The summed E-state index contributed by atoms with van der Waals surface area (Å²) in [6, 6.07) is 10.6. The first kappa shape index (κ1) is 15.3. The normalized spacial score (nSPS) is 15.7. The van der Waals surface area contributed by atoms with Gasteiger partial charge >= 0.3 is 0 Å². The second-order valence-corrected chi connectivity index (χ2v) is 6.58. The smallest absolute Gasteiger partial charge is 0.131 e. The van der Waals surface area contributed by atoms with Crippen LogP contribution < -0.4 is 9.47 Å². The Bertz CT molecular complexity index is 1010. The van der Waals surface area contributed by atoms with E-state index in [0.29, 0.717) is 6.61 Å². The number of fused-ring (bicyclic) bond motifs is 6. The molecule has 4 nitrogen and oxygen atoms in total. The van der Waals surface area contributed by atoms with Crippen LogP contribution in [0.25, 0.3) is 16.8 Å². The van der Waals surface area contributed by atoms with Crippen molar-refractivity contribution in [2.75, 3.05) is 13.2 Å². The lowest BCUT2D eigenvalue weighted by atomic mass is 10.0. The molecule has 26 heavy (non-hydrogen) atoms. The standard InChI is InChI=1S/C11H9NO.C11H10O2/c2*1-2-9-4-6-13-11(9)10-7-12-5-3-8(1)10/h1-3,5,7H,4,6H2;1-3,5H,4,6-7H2. The maximum absolute atomic E-state index is 5.58. The van der Waals surface area contributed by atoms with Crippen molar-refractivity contribution in [3.05, 3.63) is 71.2 Å². The van der Waals surface area contributed by atoms with Gasteiger partial charge in [0, 0.05) is 36.2 Å². The van der Waals surface area contributed by atoms with Gasteiger partial charge in [0.1, 0.15) is 18.1 Å². The van der Waals surface area contributed by atoms with Crippen LogP contribution in [-0.2, 0) is 24.2 Å². The van der Waals surface area contributed by atoms with E-state index in [-0.39, 0.29) is 0 Å². The van der Waals surface area contributed by atoms with Gasteiger partial charge in [-0.25, -0.2) is 0 Å². The van der Waals surface area contributed by atoms with Gasteiger partial charge in [0.2, 0.25) is 0 Å². The summed E-state index contributed by atoms with van der Waals surface area (Å²) in [5, 5.41) is 2.34. The third-order valence-electron chi connectivity index (χ3n) is 5.04. The molecule has 3 aromatic rings. The first-order valence-corrected chi connectivity index (χ1v) is 8.94. The molecule has 0 N–H and O–H groups in total. The number of hydrogen-bond acceptors (Lipinski definition) is 4. The summed E-state index contributed by atoms with van der Waals surface area (Å²) in [7, 11) is 0. The minimum Gasteiger partial charge on any atom is -0.496 e. The van der Waals surface area contributed by atoms with Crippen LogP contribution in [0.5, 0.6) is 11.5 Å². The van der Waals surface area contributed by atoms with E-state index in [1.807, 2.05) is 24.5 Å². The van der Waals surface area contributed by atoms with Gasteiger partial charge in [0.15, 0.2) is 0 Å². The monoisotopic (exact) mass is 345 g/mol. The van der Waals surface area contributed by atoms with Crippen molar-refractivity contribution in [1.29, 1.82) is 0 Å². The molecule has 0 amide bonds. The van der Waals surface area contributed by atoms with Gasteiger partial charge in [-0.1, -0.05) is 24.3 Å². The summed E-state index contributed by atoms with van der Waals surface area (Å²) in [4.78, 5) is 4.11. The van der Waals surface area contributed by atoms with Crippen LogP contribution in [0.3, 0.4) is 0 Å². The van der Waals surface area contributed by atoms with Crippen molar-refractivity contribution in [1.82, 2.24) is 4.98 Å². The molecule has 0 aliphatic carbocycles. The van der Waals surface area contributed by atoms with E-state index in [0.717, 1.165) is 42.9 Å². The van der Waals surface area contributed by atoms with E-state index in [4.69, 9.17) is 14.2 Å². The summed E-state index contributed by atoms with van der Waals surface area (Å²) in [5.41, 5.74) is 5.06. The third kappa shape index (κ3) is 2.58. The van der Waals surface area contributed by atoms with Crippen LogP contribution in [0.4, 0.5) is 0 Å². The maximum atomic E-state index is 5.58. The SMILES string of the molecule is C1=Cc2ccc3c(c2CO1)OCC3.c1cc2ccc3c(c2cn1)OCC3. The lowest BCUT2D eigenvalue weighted by Gasteiger charge is -2.14. The van der Waals surface area contributed by atoms with Crippen molar-refractivity contribution in [2.24, 2.45) is 0 Å². The van der Waals surface area contributed by atoms with E-state index < -0.39 is 0 Å². The van der Waals surface area contributed by atoms with E-state index in [1.165, 1.54) is 27.6 Å². The molecule has 0 bridgehead atoms. The molecule has 0 fully saturated rings. The van der Waals surface area contributed by atoms with Crippen molar-refractivity contribution in [2.45, 2.75) is 19.4 Å². The highest BCUT2D eigenvalue weighted by atomic mass is 16.5. The second-order valence-electron chi connectivity index (χ2n) is 6.58. The Morgan fingerprint density at radius 3 is 2.58 bits per heavy atom. The Hall–Kier alpha value is -3.01. The summed E-state index contributed by atoms with van der Waals surface area (Å²) in [6.07, 6.45) is 9.47. The molecular formula is C22H19NO3. The number of hydrogen-bond donors (Lipinski definition) is 0. The van der Waals surface area contributed by atoms with Crippen molar-refractivity contribution < 1.29 is 14.2 Å². The zero-order valence-corrected chi connectivity index (χ0v) is 14.4. The van der Waals surface area contributed by atoms with E-state index >= 15 is 0 Å². The highest BCUT2D eigenvalue weighted by Gasteiger charge is 2.20. The van der Waals surface area contributed by atoms with Gasteiger partial charge in [-0.2, -0.15) is 0 Å². The van der Waals surface area contributed by atoms with Crippen LogP contribution in [0.15, 0.2) is 49.0 Å². The van der Waals surface area contributed by atoms with Crippen LogP contribution in [0, 0.1) is 0 Å². The molecule has 0 saturated heterocycles. The molecule has 4 heteroatoms. The maximum Gasteiger partial charge on any atom is 0.131 e. The van der Waals surface area contributed by atoms with Crippen LogP contribution in [-0.4, -0.2) is 18.2 Å². The van der Waals surface area contributed by atoms with Crippen LogP contribution >= 0.6 is 0 Å². The number of benzene rings is 2. The van der Waals surface area contributed by atoms with Gasteiger partial charge in [0.05, 0.1) is 19.5 Å². The molecule has 130 valence electrons. The highest BCUT2D eigenvalue weighted by Crippen LogP contribution is 2.35. The largest absolute Gasteiger partial charge is 0.496 e. The number of pyridine rings is 1. The Balaban J connectivity index is 0.000000115. The van der Waals surface area contributed by atoms with Gasteiger partial charge in [-0.3, -0.25) is 4.98 Å². The molecule has 3 aliphatic heterocycles. The van der Waals surface area contributed by atoms with E-state index in [2.05, 4.69) is 29.2 Å². The number of nitrogens with zero attached hydrogens (tertiary/aromatic N) is 1. The predicted molar refractivity (Wildman–Crippen MR) is 100 cm³/mol. The third-order valence-corrected chi connectivity index (χ3v) is 5.04. The molecule has 0 atom stereocenters. The van der Waals surface area contributed by atoms with Gasteiger partial charge in [-0.05, 0) is 34.2 Å². The molecule has 3 aliphatic rings. The fraction of sp³-hybridized carbons (Fsp3) is 0.227. The van der Waals surface area contributed by atoms with Gasteiger partial charge in [-0.15, -0.1) is 0 Å². The molecule has 0 spiro atoms. The van der Waals surface area contributed by atoms with Gasteiger partial charge in [0.25, 0.3) is 0 Å². The second kappa shape index (κ2) is 6.37. The number of aromatic nitrogens is 1. The zero-order valence-electron chi connectivity index (χ0n) is 14.4. The van der Waals surface area contributed by atoms with Gasteiger partial charge < -0.3 is 14.2 Å². The molecular weight excluding hydrogens is 326 g/mol. The van der Waals surface area contributed by atoms with Crippen LogP contribution in [0.1, 0.15) is 22.3 Å². The minimum absolute atomic E-state index is 0.648. The van der Waals surface area contributed by atoms with Crippen LogP contribution in [0.2, 0.25) is 0 Å². The molecule has 0 saturated carbocycles. The molecule has 1 aromatic heterocycles. The molecule has 0 unspecified atom stereocenters. The molecule has 4 heterocycles. The number of rotatable bonds is 0. The lowest BCUT2D eigenvalue weighted by Crippen LogP contribution is -1.99. The summed E-state index contributed by atoms with van der Waals surface area (Å²) < 4.78 is 16.4. The Labute approximate surface area is 152 Å². The predicted octanol–water partition coefficient (Wildman–Crippen LogP) is 4.29. The Kier molecular flexibility index (Phi) is 3.74. The molecule has 6 rings (SSSR count). The average Bonchev–Trinajstić information content (AvgIpc) is 3.38. The van der Waals surface area contributed by atoms with Crippen molar-refractivity contribution >= 4 is 16.8 Å². The van der Waals surface area contributed by atoms with Crippen molar-refractivity contribution in [3.8, 4) is 11.5 Å². The minimum atomic E-state index is 0.648. The van der Waals surface area contributed by atoms with Crippen molar-refractivity contribution in [3.63, 3.8) is 0 Å².